The van der Waals surface area contributed by atoms with Crippen molar-refractivity contribution in [1.29, 1.82) is 0 Å². The first kappa shape index (κ1) is 9.34. The molecule has 0 nitrogen and oxygen atoms in total. The molecule has 12 heavy (non-hydrogen) atoms. The van der Waals surface area contributed by atoms with Gasteiger partial charge in [0.1, 0.15) is 0 Å². The van der Waals surface area contributed by atoms with E-state index in [-0.39, 0.29) is 0 Å². The Kier molecular flexibility index (Phi) is 2.93. The van der Waals surface area contributed by atoms with Crippen LogP contribution >= 0.6 is 11.6 Å². The van der Waals surface area contributed by atoms with Crippen LogP contribution in [0.25, 0.3) is 0 Å². The van der Waals surface area contributed by atoms with Crippen LogP contribution in [0.3, 0.4) is 0 Å². The molecular weight excluding hydrogens is 168 g/mol. The lowest BCUT2D eigenvalue weighted by Gasteiger charge is -2.06. The van der Waals surface area contributed by atoms with Crippen LogP contribution in [0.4, 0.5) is 0 Å². The first-order chi connectivity index (χ1) is 5.65. The molecule has 0 aliphatic carbocycles. The first-order valence-electron chi connectivity index (χ1n) is 3.87. The van der Waals surface area contributed by atoms with Gasteiger partial charge in [-0.3, -0.25) is 0 Å². The molecule has 63 valence electrons. The number of benzene rings is 1. The van der Waals surface area contributed by atoms with Crippen LogP contribution in [0.5, 0.6) is 0 Å². The van der Waals surface area contributed by atoms with E-state index in [4.69, 9.17) is 11.6 Å². The first-order valence-corrected chi connectivity index (χ1v) is 4.25. The van der Waals surface area contributed by atoms with Gasteiger partial charge in [0.05, 0.1) is 0 Å². The molecular formula is C11H12Cl. The second kappa shape index (κ2) is 3.77. The van der Waals surface area contributed by atoms with E-state index in [1.165, 1.54) is 11.5 Å². The Morgan fingerprint density at radius 1 is 1.50 bits per heavy atom. The van der Waals surface area contributed by atoms with Crippen LogP contribution in [0.2, 0.25) is 5.02 Å². The Morgan fingerprint density at radius 3 is 2.67 bits per heavy atom. The van der Waals surface area contributed by atoms with E-state index in [1.54, 1.807) is 0 Å². The Balaban J connectivity index is 3.04. The smallest absolute Gasteiger partial charge is 0.0435 e. The Labute approximate surface area is 78.9 Å². The third-order valence-corrected chi connectivity index (χ3v) is 2.34. The van der Waals surface area contributed by atoms with Crippen molar-refractivity contribution < 1.29 is 0 Å². The van der Waals surface area contributed by atoms with Crippen LogP contribution < -0.4 is 0 Å². The maximum atomic E-state index is 5.89. The highest BCUT2D eigenvalue weighted by Gasteiger charge is 2.02. The van der Waals surface area contributed by atoms with Crippen LogP contribution in [-0.2, 0) is 0 Å². The number of rotatable bonds is 2. The van der Waals surface area contributed by atoms with Gasteiger partial charge in [-0.1, -0.05) is 36.7 Å². The number of hydrogen-bond donors (Lipinski definition) is 0. The van der Waals surface area contributed by atoms with Gasteiger partial charge in [0.15, 0.2) is 0 Å². The molecule has 0 saturated carbocycles. The highest BCUT2D eigenvalue weighted by Crippen LogP contribution is 2.21. The number of allylic oxidation sites excluding steroid dienone is 1. The zero-order valence-electron chi connectivity index (χ0n) is 7.39. The van der Waals surface area contributed by atoms with E-state index in [9.17, 15) is 0 Å². The second-order valence-electron chi connectivity index (χ2n) is 2.85. The van der Waals surface area contributed by atoms with Crippen molar-refractivity contribution in [3.8, 4) is 0 Å². The minimum absolute atomic E-state index is 0.815. The fourth-order valence-electron chi connectivity index (χ4n) is 1.01. The molecule has 0 aromatic heterocycles. The standard InChI is InChI=1S/C11H12Cl/c1-4-8(2)10-5-6-11(12)9(3)7-10/h4-7H,1H2,2-3H3. The summed E-state index contributed by atoms with van der Waals surface area (Å²) < 4.78 is 0. The summed E-state index contributed by atoms with van der Waals surface area (Å²) in [5, 5.41) is 0.815. The fourth-order valence-corrected chi connectivity index (χ4v) is 1.13. The minimum atomic E-state index is 0.815. The van der Waals surface area contributed by atoms with Gasteiger partial charge in [-0.15, -0.1) is 6.58 Å². The van der Waals surface area contributed by atoms with Crippen LogP contribution in [0.15, 0.2) is 30.9 Å². The van der Waals surface area contributed by atoms with Crippen LogP contribution in [0, 0.1) is 12.8 Å². The second-order valence-corrected chi connectivity index (χ2v) is 3.26. The lowest BCUT2D eigenvalue weighted by atomic mass is 10.00. The van der Waals surface area contributed by atoms with Crippen molar-refractivity contribution in [3.63, 3.8) is 0 Å². The average molecular weight is 180 g/mol. The highest BCUT2D eigenvalue weighted by atomic mass is 35.5. The van der Waals surface area contributed by atoms with Crippen molar-refractivity contribution in [2.75, 3.05) is 0 Å². The summed E-state index contributed by atoms with van der Waals surface area (Å²) in [6.07, 6.45) is 1.85. The monoisotopic (exact) mass is 179 g/mol. The number of aryl methyl sites for hydroxylation is 1. The molecule has 0 saturated heterocycles. The molecule has 0 fully saturated rings. The summed E-state index contributed by atoms with van der Waals surface area (Å²) in [5.41, 5.74) is 2.29. The van der Waals surface area contributed by atoms with Crippen molar-refractivity contribution in [2.45, 2.75) is 13.8 Å². The summed E-state index contributed by atoms with van der Waals surface area (Å²) >= 11 is 5.89. The molecule has 0 aliphatic rings. The van der Waals surface area contributed by atoms with E-state index in [0.29, 0.717) is 0 Å². The van der Waals surface area contributed by atoms with E-state index in [1.807, 2.05) is 32.1 Å². The molecule has 1 aromatic carbocycles. The maximum Gasteiger partial charge on any atom is 0.0435 e. The van der Waals surface area contributed by atoms with Crippen molar-refractivity contribution in [2.24, 2.45) is 0 Å². The van der Waals surface area contributed by atoms with E-state index in [2.05, 4.69) is 12.6 Å². The molecule has 1 aromatic rings. The molecule has 0 heterocycles. The summed E-state index contributed by atoms with van der Waals surface area (Å²) in [6.45, 7) is 7.76. The van der Waals surface area contributed by atoms with Crippen LogP contribution in [0.1, 0.15) is 18.1 Å². The number of halogens is 1. The van der Waals surface area contributed by atoms with E-state index in [0.717, 1.165) is 10.6 Å². The predicted molar refractivity (Wildman–Crippen MR) is 54.4 cm³/mol. The molecule has 1 heteroatoms. The summed E-state index contributed by atoms with van der Waals surface area (Å²) in [5.74, 6) is 1.18. The molecule has 0 atom stereocenters. The van der Waals surface area contributed by atoms with Gasteiger partial charge in [-0.25, -0.2) is 0 Å². The van der Waals surface area contributed by atoms with Crippen molar-refractivity contribution in [1.82, 2.24) is 0 Å². The minimum Gasteiger partial charge on any atom is -0.102 e. The molecule has 0 bridgehead atoms. The van der Waals surface area contributed by atoms with Gasteiger partial charge < -0.3 is 0 Å². The molecule has 0 N–H and O–H groups in total. The third-order valence-electron chi connectivity index (χ3n) is 1.92. The van der Waals surface area contributed by atoms with Crippen molar-refractivity contribution >= 4 is 11.6 Å². The van der Waals surface area contributed by atoms with Gasteiger partial charge in [-0.05, 0) is 24.1 Å². The summed E-state index contributed by atoms with van der Waals surface area (Å²) in [6, 6.07) is 5.99. The van der Waals surface area contributed by atoms with Crippen molar-refractivity contribution in [3.05, 3.63) is 52.9 Å². The highest BCUT2D eigenvalue weighted by molar-refractivity contribution is 6.31. The quantitative estimate of drug-likeness (QED) is 0.648. The molecule has 0 aliphatic heterocycles. The summed E-state index contributed by atoms with van der Waals surface area (Å²) in [7, 11) is 0. The van der Waals surface area contributed by atoms with E-state index < -0.39 is 0 Å². The Morgan fingerprint density at radius 2 is 2.17 bits per heavy atom. The maximum absolute atomic E-state index is 5.89. The third kappa shape index (κ3) is 1.89. The topological polar surface area (TPSA) is 0 Å². The summed E-state index contributed by atoms with van der Waals surface area (Å²) in [4.78, 5) is 0. The fraction of sp³-hybridized carbons (Fsp3) is 0.182. The molecule has 0 spiro atoms. The zero-order chi connectivity index (χ0) is 9.14. The van der Waals surface area contributed by atoms with Gasteiger partial charge in [-0.2, -0.15) is 0 Å². The van der Waals surface area contributed by atoms with Gasteiger partial charge >= 0.3 is 0 Å². The molecule has 0 amide bonds. The van der Waals surface area contributed by atoms with Gasteiger partial charge in [0, 0.05) is 10.9 Å². The lowest BCUT2D eigenvalue weighted by molar-refractivity contribution is 1.24. The lowest BCUT2D eigenvalue weighted by Crippen LogP contribution is -1.90. The SMILES string of the molecule is C=C[C](C)c1ccc(Cl)c(C)c1. The Bertz CT molecular complexity index is 289. The average Bonchev–Trinajstić information content (AvgIpc) is 2.08. The van der Waals surface area contributed by atoms with Crippen LogP contribution in [-0.4, -0.2) is 0 Å². The Hall–Kier alpha value is -0.750. The van der Waals surface area contributed by atoms with Gasteiger partial charge in [0.25, 0.3) is 0 Å². The molecule has 1 rings (SSSR count). The predicted octanol–water partition coefficient (Wildman–Crippen LogP) is 3.78. The normalized spacial score (nSPS) is 10.3. The molecule has 1 radical (unpaired) electrons. The molecule has 0 unspecified atom stereocenters. The van der Waals surface area contributed by atoms with Gasteiger partial charge in [0.2, 0.25) is 0 Å². The van der Waals surface area contributed by atoms with E-state index >= 15 is 0 Å². The largest absolute Gasteiger partial charge is 0.102 e. The number of hydrogen-bond acceptors (Lipinski definition) is 0. The zero-order valence-corrected chi connectivity index (χ0v) is 8.15.